The Labute approximate surface area is 252 Å². The van der Waals surface area contributed by atoms with Gasteiger partial charge in [0.05, 0.1) is 5.56 Å². The van der Waals surface area contributed by atoms with Gasteiger partial charge >= 0.3 is 23.8 Å². The number of fused-ring (bicyclic) bond motifs is 2. The van der Waals surface area contributed by atoms with E-state index in [0.717, 1.165) is 45.1 Å². The van der Waals surface area contributed by atoms with Gasteiger partial charge in [-0.15, -0.1) is 11.8 Å². The highest BCUT2D eigenvalue weighted by Crippen LogP contribution is 2.45. The summed E-state index contributed by atoms with van der Waals surface area (Å²) in [7, 11) is 0. The molecule has 0 saturated carbocycles. The molecule has 2 aromatic heterocycles. The van der Waals surface area contributed by atoms with Gasteiger partial charge in [-0.2, -0.15) is 27.9 Å². The first kappa shape index (κ1) is 31.1. The molecular weight excluding hydrogens is 633 g/mol. The van der Waals surface area contributed by atoms with E-state index in [-0.39, 0.29) is 40.4 Å². The topological polar surface area (TPSA) is 207 Å². The number of aromatic nitrogens is 4. The zero-order valence-electron chi connectivity index (χ0n) is 22.0. The molecule has 5 rings (SSSR count). The number of thioether (sulfide) groups is 2. The van der Waals surface area contributed by atoms with Gasteiger partial charge in [0, 0.05) is 17.4 Å². The number of aliphatic hydroxyl groups is 1. The van der Waals surface area contributed by atoms with E-state index in [2.05, 4.69) is 20.6 Å². The van der Waals surface area contributed by atoms with Gasteiger partial charge in [0.15, 0.2) is 11.8 Å². The SMILES string of the molecule is O=C(O)CCC(Sc1ccc2n[nH]c(=O)n2n1)C1=C(C(=O)O)N2C(=O)C(NC(=O)[C@H](O)c3ccc(C(F)(F)F)cc3)[C@H]2SC1. The number of carboxylic acids is 2. The predicted molar refractivity (Wildman–Crippen MR) is 146 cm³/mol. The standard InChI is InChI=1S/C25H21F3N6O8S2/c26-25(27,28)11-3-1-10(2-4-11)19(37)20(38)29-17-21(39)33-18(23(40)41)12(9-43-22(17)33)13(5-8-16(35)36)44-15-7-6-14-30-31-24(42)34(14)32-15/h1-4,6-7,13,17,19,22,37H,5,8-9H2,(H,29,38)(H,31,42)(H,35,36)(H,40,41)/t13?,17?,19-,22-/m1/s1. The van der Waals surface area contributed by atoms with Crippen LogP contribution in [0.5, 0.6) is 0 Å². The smallest absolute Gasteiger partial charge is 0.416 e. The summed E-state index contributed by atoms with van der Waals surface area (Å²) in [4.78, 5) is 62.6. The maximum atomic E-state index is 13.1. The molecule has 2 aliphatic rings. The second kappa shape index (κ2) is 12.0. The lowest BCUT2D eigenvalue weighted by Gasteiger charge is -2.50. The quantitative estimate of drug-likeness (QED) is 0.155. The summed E-state index contributed by atoms with van der Waals surface area (Å²) in [6.45, 7) is 0. The van der Waals surface area contributed by atoms with Crippen LogP contribution in [-0.4, -0.2) is 86.2 Å². The van der Waals surface area contributed by atoms with Crippen molar-refractivity contribution >= 4 is 52.9 Å². The van der Waals surface area contributed by atoms with Crippen molar-refractivity contribution in [1.82, 2.24) is 30.0 Å². The van der Waals surface area contributed by atoms with Crippen LogP contribution < -0.4 is 11.0 Å². The van der Waals surface area contributed by atoms with Crippen molar-refractivity contribution in [1.29, 1.82) is 0 Å². The van der Waals surface area contributed by atoms with Gasteiger partial charge in [-0.3, -0.25) is 19.3 Å². The molecule has 4 heterocycles. The summed E-state index contributed by atoms with van der Waals surface area (Å²) < 4.78 is 39.5. The number of aliphatic hydroxyl groups excluding tert-OH is 1. The van der Waals surface area contributed by atoms with Gasteiger partial charge in [0.1, 0.15) is 22.1 Å². The van der Waals surface area contributed by atoms with Crippen molar-refractivity contribution in [3.63, 3.8) is 0 Å². The molecule has 232 valence electrons. The van der Waals surface area contributed by atoms with Crippen LogP contribution in [0.15, 0.2) is 57.5 Å². The number of nitrogens with zero attached hydrogens (tertiary/aromatic N) is 4. The minimum Gasteiger partial charge on any atom is -0.481 e. The molecule has 0 spiro atoms. The molecule has 2 unspecified atom stereocenters. The normalized spacial score (nSPS) is 19.7. The summed E-state index contributed by atoms with van der Waals surface area (Å²) in [6.07, 6.45) is -6.90. The van der Waals surface area contributed by atoms with Crippen LogP contribution >= 0.6 is 23.5 Å². The highest BCUT2D eigenvalue weighted by atomic mass is 32.2. The number of benzene rings is 1. The average molecular weight is 655 g/mol. The monoisotopic (exact) mass is 654 g/mol. The first-order chi connectivity index (χ1) is 20.8. The van der Waals surface area contributed by atoms with Gasteiger partial charge < -0.3 is 20.6 Å². The maximum Gasteiger partial charge on any atom is 0.416 e. The van der Waals surface area contributed by atoms with Crippen LogP contribution in [0.4, 0.5) is 13.2 Å². The van der Waals surface area contributed by atoms with Crippen molar-refractivity contribution < 1.29 is 47.7 Å². The van der Waals surface area contributed by atoms with E-state index in [9.17, 15) is 52.5 Å². The molecule has 0 aliphatic carbocycles. The molecule has 0 bridgehead atoms. The van der Waals surface area contributed by atoms with Crippen LogP contribution in [0.3, 0.4) is 0 Å². The Morgan fingerprint density at radius 1 is 1.14 bits per heavy atom. The van der Waals surface area contributed by atoms with E-state index >= 15 is 0 Å². The Hall–Kier alpha value is -4.36. The van der Waals surface area contributed by atoms with Gasteiger partial charge in [0.25, 0.3) is 11.8 Å². The zero-order chi connectivity index (χ0) is 31.9. The van der Waals surface area contributed by atoms with Crippen LogP contribution in [0, 0.1) is 0 Å². The predicted octanol–water partition coefficient (Wildman–Crippen LogP) is 1.23. The molecule has 2 aliphatic heterocycles. The fraction of sp³-hybridized carbons (Fsp3) is 0.320. The van der Waals surface area contributed by atoms with E-state index in [4.69, 9.17) is 0 Å². The Bertz CT molecular complexity index is 1740. The highest BCUT2D eigenvalue weighted by Gasteiger charge is 2.55. The second-order valence-electron chi connectivity index (χ2n) is 9.61. The number of carbonyl (C=O) groups excluding carboxylic acids is 2. The average Bonchev–Trinajstić information content (AvgIpc) is 3.35. The number of H-pyrrole nitrogens is 1. The van der Waals surface area contributed by atoms with E-state index in [1.54, 1.807) is 0 Å². The molecule has 19 heteroatoms. The van der Waals surface area contributed by atoms with E-state index in [0.29, 0.717) is 12.1 Å². The molecule has 14 nitrogen and oxygen atoms in total. The summed E-state index contributed by atoms with van der Waals surface area (Å²) in [5.74, 6) is -4.46. The third-order valence-electron chi connectivity index (χ3n) is 6.82. The Balaban J connectivity index is 1.36. The number of halogens is 3. The fourth-order valence-electron chi connectivity index (χ4n) is 4.68. The lowest BCUT2D eigenvalue weighted by Crippen LogP contribution is -2.71. The highest BCUT2D eigenvalue weighted by molar-refractivity contribution is 8.01. The lowest BCUT2D eigenvalue weighted by molar-refractivity contribution is -0.151. The Kier molecular flexibility index (Phi) is 8.45. The van der Waals surface area contributed by atoms with E-state index < -0.39 is 69.6 Å². The van der Waals surface area contributed by atoms with E-state index in [1.807, 2.05) is 0 Å². The lowest BCUT2D eigenvalue weighted by atomic mass is 9.99. The molecule has 1 saturated heterocycles. The van der Waals surface area contributed by atoms with Crippen molar-refractivity contribution in [2.45, 2.75) is 46.8 Å². The van der Waals surface area contributed by atoms with Crippen LogP contribution in [0.2, 0.25) is 0 Å². The van der Waals surface area contributed by atoms with Crippen molar-refractivity contribution in [2.24, 2.45) is 0 Å². The minimum absolute atomic E-state index is 0.0229. The maximum absolute atomic E-state index is 13.1. The molecule has 2 amide bonds. The summed E-state index contributed by atoms with van der Waals surface area (Å²) in [5, 5.41) is 40.9. The van der Waals surface area contributed by atoms with E-state index in [1.165, 1.54) is 12.1 Å². The number of nitrogens with one attached hydrogen (secondary N) is 2. The van der Waals surface area contributed by atoms with Crippen molar-refractivity contribution in [3.05, 3.63) is 69.3 Å². The molecule has 1 aromatic carbocycles. The number of rotatable bonds is 10. The molecular formula is C25H21F3N6O8S2. The number of hydrogen-bond acceptors (Lipinski definition) is 10. The number of aliphatic carboxylic acids is 2. The van der Waals surface area contributed by atoms with Crippen molar-refractivity contribution in [3.8, 4) is 0 Å². The third kappa shape index (κ3) is 6.02. The van der Waals surface area contributed by atoms with Gasteiger partial charge in [-0.1, -0.05) is 23.9 Å². The summed E-state index contributed by atoms with van der Waals surface area (Å²) >= 11 is 2.11. The van der Waals surface area contributed by atoms with Crippen LogP contribution in [-0.2, 0) is 25.4 Å². The minimum atomic E-state index is -4.62. The number of aromatic amines is 1. The summed E-state index contributed by atoms with van der Waals surface area (Å²) in [5.41, 5.74) is -1.68. The molecule has 44 heavy (non-hydrogen) atoms. The largest absolute Gasteiger partial charge is 0.481 e. The Morgan fingerprint density at radius 2 is 1.84 bits per heavy atom. The van der Waals surface area contributed by atoms with Crippen molar-refractivity contribution in [2.75, 3.05) is 5.75 Å². The number of hydrogen-bond donors (Lipinski definition) is 5. The fourth-order valence-corrected chi connectivity index (χ4v) is 7.35. The molecule has 4 atom stereocenters. The van der Waals surface area contributed by atoms with Crippen LogP contribution in [0.1, 0.15) is 30.1 Å². The molecule has 3 aromatic rings. The number of carboxylic acid groups (broad SMARTS) is 2. The third-order valence-corrected chi connectivity index (χ3v) is 9.39. The van der Waals surface area contributed by atoms with Gasteiger partial charge in [-0.25, -0.2) is 14.7 Å². The van der Waals surface area contributed by atoms with Gasteiger partial charge in [0.2, 0.25) is 0 Å². The second-order valence-corrected chi connectivity index (χ2v) is 11.9. The molecule has 1 fully saturated rings. The number of β-lactam (4-membered cyclic amide) rings is 1. The zero-order valence-corrected chi connectivity index (χ0v) is 23.6. The Morgan fingerprint density at radius 3 is 2.48 bits per heavy atom. The van der Waals surface area contributed by atoms with Gasteiger partial charge in [-0.05, 0) is 41.8 Å². The number of amides is 2. The molecule has 0 radical (unpaired) electrons. The number of carbonyl (C=O) groups is 4. The van der Waals surface area contributed by atoms with Crippen LogP contribution in [0.25, 0.3) is 5.65 Å². The summed E-state index contributed by atoms with van der Waals surface area (Å²) in [6, 6.07) is 5.03. The first-order valence-electron chi connectivity index (χ1n) is 12.7. The molecule has 5 N–H and O–H groups in total. The first-order valence-corrected chi connectivity index (χ1v) is 14.6. The number of alkyl halides is 3.